The SMILES string of the molecule is O=C(NC(=S)Nc1ccc(Oc2ccccc2)cc1)c1cc(Br)ccc1OCCc1ccccc1. The highest BCUT2D eigenvalue weighted by atomic mass is 79.9. The van der Waals surface area contributed by atoms with Crippen molar-refractivity contribution in [2.75, 3.05) is 11.9 Å². The number of carbonyl (C=O) groups is 1. The van der Waals surface area contributed by atoms with Crippen molar-refractivity contribution in [3.8, 4) is 17.2 Å². The maximum atomic E-state index is 12.9. The fraction of sp³-hybridized carbons (Fsp3) is 0.0714. The number of para-hydroxylation sites is 1. The third-order valence-electron chi connectivity index (χ3n) is 5.00. The highest BCUT2D eigenvalue weighted by Gasteiger charge is 2.15. The minimum atomic E-state index is -0.359. The van der Waals surface area contributed by atoms with E-state index >= 15 is 0 Å². The van der Waals surface area contributed by atoms with Gasteiger partial charge in [0.2, 0.25) is 0 Å². The van der Waals surface area contributed by atoms with Crippen LogP contribution in [0.15, 0.2) is 108 Å². The summed E-state index contributed by atoms with van der Waals surface area (Å²) in [4.78, 5) is 12.9. The summed E-state index contributed by atoms with van der Waals surface area (Å²) in [6.07, 6.45) is 0.738. The van der Waals surface area contributed by atoms with E-state index in [1.165, 1.54) is 5.56 Å². The van der Waals surface area contributed by atoms with Gasteiger partial charge in [-0.2, -0.15) is 0 Å². The zero-order valence-corrected chi connectivity index (χ0v) is 21.1. The highest BCUT2D eigenvalue weighted by Crippen LogP contribution is 2.24. The highest BCUT2D eigenvalue weighted by molar-refractivity contribution is 9.10. The summed E-state index contributed by atoms with van der Waals surface area (Å²) in [5.74, 6) is 1.59. The molecule has 7 heteroatoms. The second kappa shape index (κ2) is 12.1. The molecule has 0 aliphatic heterocycles. The smallest absolute Gasteiger partial charge is 0.261 e. The first kappa shape index (κ1) is 24.4. The lowest BCUT2D eigenvalue weighted by Gasteiger charge is -2.14. The van der Waals surface area contributed by atoms with E-state index in [4.69, 9.17) is 21.7 Å². The van der Waals surface area contributed by atoms with Crippen molar-refractivity contribution < 1.29 is 14.3 Å². The summed E-state index contributed by atoms with van der Waals surface area (Å²) in [6.45, 7) is 0.450. The van der Waals surface area contributed by atoms with Gasteiger partial charge in [-0.05, 0) is 72.4 Å². The molecule has 0 atom stereocenters. The maximum Gasteiger partial charge on any atom is 0.261 e. The number of benzene rings is 4. The molecule has 2 N–H and O–H groups in total. The van der Waals surface area contributed by atoms with Gasteiger partial charge in [0.1, 0.15) is 17.2 Å². The third kappa shape index (κ3) is 7.40. The van der Waals surface area contributed by atoms with Crippen molar-refractivity contribution in [3.05, 3.63) is 119 Å². The van der Waals surface area contributed by atoms with Crippen LogP contribution in [-0.4, -0.2) is 17.6 Å². The molecule has 0 saturated heterocycles. The lowest BCUT2D eigenvalue weighted by atomic mass is 10.1. The number of ether oxygens (including phenoxy) is 2. The molecule has 0 unspecified atom stereocenters. The Morgan fingerprint density at radius 1 is 0.829 bits per heavy atom. The van der Waals surface area contributed by atoms with Crippen LogP contribution in [0.3, 0.4) is 0 Å². The van der Waals surface area contributed by atoms with Gasteiger partial charge in [0.15, 0.2) is 5.11 Å². The van der Waals surface area contributed by atoms with Crippen LogP contribution in [0.1, 0.15) is 15.9 Å². The molecule has 0 fully saturated rings. The van der Waals surface area contributed by atoms with E-state index in [0.717, 1.165) is 22.3 Å². The molecular formula is C28H23BrN2O3S. The lowest BCUT2D eigenvalue weighted by Crippen LogP contribution is -2.34. The molecule has 0 aromatic heterocycles. The molecule has 176 valence electrons. The molecule has 4 rings (SSSR count). The van der Waals surface area contributed by atoms with Gasteiger partial charge in [0, 0.05) is 16.6 Å². The average molecular weight is 547 g/mol. The van der Waals surface area contributed by atoms with Gasteiger partial charge in [-0.3, -0.25) is 10.1 Å². The van der Waals surface area contributed by atoms with E-state index in [9.17, 15) is 4.79 Å². The van der Waals surface area contributed by atoms with E-state index in [1.54, 1.807) is 12.1 Å². The Kier molecular flexibility index (Phi) is 8.48. The summed E-state index contributed by atoms with van der Waals surface area (Å²) >= 11 is 8.77. The van der Waals surface area contributed by atoms with Crippen molar-refractivity contribution in [3.63, 3.8) is 0 Å². The van der Waals surface area contributed by atoms with E-state index in [0.29, 0.717) is 23.7 Å². The Morgan fingerprint density at radius 2 is 1.49 bits per heavy atom. The van der Waals surface area contributed by atoms with E-state index < -0.39 is 0 Å². The Balaban J connectivity index is 1.34. The molecule has 0 saturated carbocycles. The first-order valence-corrected chi connectivity index (χ1v) is 12.2. The summed E-state index contributed by atoms with van der Waals surface area (Å²) < 4.78 is 12.5. The molecule has 0 aliphatic rings. The van der Waals surface area contributed by atoms with Gasteiger partial charge in [0.25, 0.3) is 5.91 Å². The number of amides is 1. The predicted octanol–water partition coefficient (Wildman–Crippen LogP) is 6.99. The third-order valence-corrected chi connectivity index (χ3v) is 5.69. The Morgan fingerprint density at radius 3 is 2.20 bits per heavy atom. The van der Waals surface area contributed by atoms with Crippen molar-refractivity contribution in [2.45, 2.75) is 6.42 Å². The Labute approximate surface area is 218 Å². The normalized spacial score (nSPS) is 10.3. The lowest BCUT2D eigenvalue weighted by molar-refractivity contribution is 0.0973. The molecule has 4 aromatic carbocycles. The molecule has 0 aliphatic carbocycles. The van der Waals surface area contributed by atoms with Crippen LogP contribution in [0.2, 0.25) is 0 Å². The molecular weight excluding hydrogens is 524 g/mol. The van der Waals surface area contributed by atoms with Crippen molar-refractivity contribution in [1.29, 1.82) is 0 Å². The van der Waals surface area contributed by atoms with Gasteiger partial charge in [-0.25, -0.2) is 0 Å². The van der Waals surface area contributed by atoms with Crippen LogP contribution in [0, 0.1) is 0 Å². The number of hydrogen-bond acceptors (Lipinski definition) is 4. The van der Waals surface area contributed by atoms with Gasteiger partial charge in [0.05, 0.1) is 12.2 Å². The molecule has 1 amide bonds. The van der Waals surface area contributed by atoms with Crippen LogP contribution in [0.5, 0.6) is 17.2 Å². The first-order chi connectivity index (χ1) is 17.1. The number of halogens is 1. The van der Waals surface area contributed by atoms with Crippen molar-refractivity contribution >= 4 is 44.9 Å². The van der Waals surface area contributed by atoms with Gasteiger partial charge >= 0.3 is 0 Å². The number of nitrogens with one attached hydrogen (secondary N) is 2. The monoisotopic (exact) mass is 546 g/mol. The molecule has 0 radical (unpaired) electrons. The molecule has 0 heterocycles. The van der Waals surface area contributed by atoms with Gasteiger partial charge in [-0.15, -0.1) is 0 Å². The largest absolute Gasteiger partial charge is 0.492 e. The van der Waals surface area contributed by atoms with Gasteiger partial charge in [-0.1, -0.05) is 64.5 Å². The molecule has 0 bridgehead atoms. The summed E-state index contributed by atoms with van der Waals surface area (Å²) in [6, 6.07) is 32.2. The van der Waals surface area contributed by atoms with Crippen molar-refractivity contribution in [2.24, 2.45) is 0 Å². The predicted molar refractivity (Wildman–Crippen MR) is 146 cm³/mol. The van der Waals surface area contributed by atoms with Crippen LogP contribution < -0.4 is 20.1 Å². The van der Waals surface area contributed by atoms with Crippen LogP contribution in [-0.2, 0) is 6.42 Å². The number of thiocarbonyl (C=S) groups is 1. The maximum absolute atomic E-state index is 12.9. The molecule has 0 spiro atoms. The summed E-state index contributed by atoms with van der Waals surface area (Å²) in [7, 11) is 0. The van der Waals surface area contributed by atoms with E-state index in [-0.39, 0.29) is 11.0 Å². The summed E-state index contributed by atoms with van der Waals surface area (Å²) in [5.41, 5.74) is 2.29. The standard InChI is InChI=1S/C28H23BrN2O3S/c29-21-11-16-26(33-18-17-20-7-3-1-4-8-20)25(19-21)27(32)31-28(35)30-22-12-14-24(15-13-22)34-23-9-5-2-6-10-23/h1-16,19H,17-18H2,(H2,30,31,32,35). The molecule has 35 heavy (non-hydrogen) atoms. The Hall–Kier alpha value is -3.68. The minimum absolute atomic E-state index is 0.182. The topological polar surface area (TPSA) is 59.6 Å². The summed E-state index contributed by atoms with van der Waals surface area (Å²) in [5, 5.41) is 5.93. The van der Waals surface area contributed by atoms with E-state index in [2.05, 4.69) is 26.6 Å². The number of carbonyl (C=O) groups excluding carboxylic acids is 1. The zero-order valence-electron chi connectivity index (χ0n) is 18.7. The Bertz CT molecular complexity index is 1280. The van der Waals surface area contributed by atoms with E-state index in [1.807, 2.05) is 91.0 Å². The number of hydrogen-bond donors (Lipinski definition) is 2. The quantitative estimate of drug-likeness (QED) is 0.233. The fourth-order valence-electron chi connectivity index (χ4n) is 3.29. The zero-order chi connectivity index (χ0) is 24.5. The second-order valence-corrected chi connectivity index (χ2v) is 8.90. The number of rotatable bonds is 8. The van der Waals surface area contributed by atoms with Gasteiger partial charge < -0.3 is 14.8 Å². The van der Waals surface area contributed by atoms with Crippen LogP contribution in [0.4, 0.5) is 5.69 Å². The fourth-order valence-corrected chi connectivity index (χ4v) is 3.86. The minimum Gasteiger partial charge on any atom is -0.492 e. The van der Waals surface area contributed by atoms with Crippen molar-refractivity contribution in [1.82, 2.24) is 5.32 Å². The second-order valence-electron chi connectivity index (χ2n) is 7.57. The first-order valence-electron chi connectivity index (χ1n) is 11.0. The average Bonchev–Trinajstić information content (AvgIpc) is 2.87. The van der Waals surface area contributed by atoms with Crippen LogP contribution >= 0.6 is 28.1 Å². The molecule has 5 nitrogen and oxygen atoms in total. The van der Waals surface area contributed by atoms with Crippen LogP contribution in [0.25, 0.3) is 0 Å². The number of anilines is 1. The molecule has 4 aromatic rings.